The summed E-state index contributed by atoms with van der Waals surface area (Å²) < 4.78 is 12.3. The molecule has 0 aliphatic heterocycles. The molecule has 4 aromatic heterocycles. The van der Waals surface area contributed by atoms with E-state index in [1.165, 1.54) is 0 Å². The number of phenolic OH excluding ortho intramolecular Hbond substituents is 2. The van der Waals surface area contributed by atoms with E-state index in [0.29, 0.717) is 64.5 Å². The van der Waals surface area contributed by atoms with Gasteiger partial charge in [-0.15, -0.1) is 0 Å². The summed E-state index contributed by atoms with van der Waals surface area (Å²) in [5.74, 6) is 0.0487. The number of pyridine rings is 4. The number of para-hydroxylation sites is 2. The number of ether oxygens (including phenoxy) is 2. The number of hydrogen-bond donors (Lipinski definition) is 2. The highest BCUT2D eigenvalue weighted by molar-refractivity contribution is 5.85. The van der Waals surface area contributed by atoms with Crippen LogP contribution >= 0.6 is 0 Å². The van der Waals surface area contributed by atoms with Gasteiger partial charge >= 0.3 is 0 Å². The van der Waals surface area contributed by atoms with Crippen LogP contribution in [0, 0.1) is 0 Å². The Morgan fingerprint density at radius 1 is 0.510 bits per heavy atom. The number of aromatic hydroxyl groups is 2. The summed E-state index contributed by atoms with van der Waals surface area (Å²) in [5.41, 5.74) is 1.94. The van der Waals surface area contributed by atoms with Gasteiger partial charge in [-0.3, -0.25) is 29.9 Å². The molecule has 6 aromatic rings. The number of phenols is 2. The molecule has 0 saturated carbocycles. The highest BCUT2D eigenvalue weighted by Crippen LogP contribution is 2.44. The normalized spacial score (nSPS) is 12.1. The van der Waals surface area contributed by atoms with Crippen molar-refractivity contribution in [3.05, 3.63) is 179 Å². The average Bonchev–Trinajstić information content (AvgIpc) is 3.19. The van der Waals surface area contributed by atoms with Gasteiger partial charge in [-0.05, 0) is 67.1 Å². The molecular weight excluding hydrogens is 640 g/mol. The maximum absolute atomic E-state index is 11.5. The van der Waals surface area contributed by atoms with Crippen LogP contribution in [0.2, 0.25) is 0 Å². The summed E-state index contributed by atoms with van der Waals surface area (Å²) in [6.07, 6.45) is 10.7. The molecule has 0 atom stereocenters. The minimum Gasteiger partial charge on any atom is -0.507 e. The summed E-state index contributed by atoms with van der Waals surface area (Å²) in [5, 5.41) is 23.0. The van der Waals surface area contributed by atoms with Crippen molar-refractivity contribution in [1.82, 2.24) is 19.9 Å². The molecule has 51 heavy (non-hydrogen) atoms. The van der Waals surface area contributed by atoms with Crippen molar-refractivity contribution in [3.63, 3.8) is 0 Å². The van der Waals surface area contributed by atoms with Gasteiger partial charge in [0.25, 0.3) is 0 Å². The Morgan fingerprint density at radius 2 is 0.863 bits per heavy atom. The third-order valence-electron chi connectivity index (χ3n) is 8.64. The molecule has 10 nitrogen and oxygen atoms in total. The van der Waals surface area contributed by atoms with E-state index in [1.807, 2.05) is 97.1 Å². The van der Waals surface area contributed by atoms with Crippen LogP contribution in [0.3, 0.4) is 0 Å². The minimum atomic E-state index is -1.24. The Bertz CT molecular complexity index is 1850. The SMILES string of the molecule is COC(c1ccccn1)(c1ccccn1)c1cccc(C=NCCCN=Cc2cccc(C(OC)(c3ccccn3)c3ccccn3)c2O)c1O. The largest absolute Gasteiger partial charge is 0.507 e. The molecule has 6 rings (SSSR count). The van der Waals surface area contributed by atoms with Crippen molar-refractivity contribution in [1.29, 1.82) is 0 Å². The van der Waals surface area contributed by atoms with E-state index in [1.54, 1.807) is 63.6 Å². The van der Waals surface area contributed by atoms with E-state index in [-0.39, 0.29) is 11.5 Å². The monoisotopic (exact) mass is 678 g/mol. The van der Waals surface area contributed by atoms with Crippen molar-refractivity contribution in [2.24, 2.45) is 9.98 Å². The van der Waals surface area contributed by atoms with E-state index >= 15 is 0 Å². The molecule has 0 amide bonds. The van der Waals surface area contributed by atoms with Crippen molar-refractivity contribution >= 4 is 12.4 Å². The van der Waals surface area contributed by atoms with Crippen LogP contribution in [0.4, 0.5) is 0 Å². The summed E-state index contributed by atoms with van der Waals surface area (Å²) in [6, 6.07) is 33.1. The van der Waals surface area contributed by atoms with Crippen LogP contribution in [0.5, 0.6) is 11.5 Å². The molecule has 0 saturated heterocycles. The average molecular weight is 679 g/mol. The lowest BCUT2D eigenvalue weighted by atomic mass is 9.84. The van der Waals surface area contributed by atoms with Gasteiger partial charge in [0.2, 0.25) is 0 Å². The number of aliphatic imine (C=N–C) groups is 2. The Kier molecular flexibility index (Phi) is 11.0. The van der Waals surface area contributed by atoms with Crippen LogP contribution in [0.25, 0.3) is 0 Å². The molecule has 10 heteroatoms. The molecule has 0 aliphatic rings. The molecular formula is C41H38N6O4. The zero-order valence-corrected chi connectivity index (χ0v) is 28.4. The Hall–Kier alpha value is -6.10. The van der Waals surface area contributed by atoms with Crippen LogP contribution < -0.4 is 0 Å². The van der Waals surface area contributed by atoms with Crippen LogP contribution in [-0.4, -0.2) is 69.9 Å². The second-order valence-electron chi connectivity index (χ2n) is 11.5. The second kappa shape index (κ2) is 16.1. The second-order valence-corrected chi connectivity index (χ2v) is 11.5. The fraction of sp³-hybridized carbons (Fsp3) is 0.171. The number of methoxy groups -OCH3 is 2. The number of aromatic nitrogens is 4. The molecule has 2 N–H and O–H groups in total. The van der Waals surface area contributed by atoms with Gasteiger partial charge in [0.15, 0.2) is 11.2 Å². The van der Waals surface area contributed by atoms with E-state index in [4.69, 9.17) is 9.47 Å². The lowest BCUT2D eigenvalue weighted by molar-refractivity contribution is 0.0489. The van der Waals surface area contributed by atoms with E-state index in [9.17, 15) is 10.2 Å². The van der Waals surface area contributed by atoms with E-state index in [0.717, 1.165) is 0 Å². The standard InChI is InChI=1S/C41H38N6O4/c1-50-40(34-18-3-7-24-44-34,35-19-4-8-25-45-35)32-16-11-14-30(38(32)48)28-42-22-13-23-43-29-31-15-12-17-33(39(31)49)41(51-2,36-20-5-9-26-46-36)37-21-6-10-27-47-37/h3-12,14-21,24-29,48-49H,13,22-23H2,1-2H3. The Morgan fingerprint density at radius 3 is 1.16 bits per heavy atom. The zero-order valence-electron chi connectivity index (χ0n) is 28.4. The van der Waals surface area contributed by atoms with Crippen molar-refractivity contribution in [2.45, 2.75) is 17.6 Å². The zero-order chi connectivity index (χ0) is 35.5. The molecule has 0 unspecified atom stereocenters. The Balaban J connectivity index is 1.18. The predicted octanol–water partition coefficient (Wildman–Crippen LogP) is 6.48. The summed E-state index contributed by atoms with van der Waals surface area (Å²) in [7, 11) is 3.16. The molecule has 0 aliphatic carbocycles. The fourth-order valence-corrected chi connectivity index (χ4v) is 6.21. The molecule has 0 radical (unpaired) electrons. The number of rotatable bonds is 14. The van der Waals surface area contributed by atoms with Crippen molar-refractivity contribution in [3.8, 4) is 11.5 Å². The van der Waals surface area contributed by atoms with Gasteiger partial charge in [0, 0.05) is 86.8 Å². The fourth-order valence-electron chi connectivity index (χ4n) is 6.21. The minimum absolute atomic E-state index is 0.0244. The van der Waals surface area contributed by atoms with Gasteiger partial charge in [-0.25, -0.2) is 0 Å². The maximum Gasteiger partial charge on any atom is 0.180 e. The lowest BCUT2D eigenvalue weighted by Gasteiger charge is -2.32. The Labute approximate surface area is 296 Å². The first-order chi connectivity index (χ1) is 25.1. The van der Waals surface area contributed by atoms with Crippen LogP contribution in [0.1, 0.15) is 51.5 Å². The highest BCUT2D eigenvalue weighted by Gasteiger charge is 2.43. The lowest BCUT2D eigenvalue weighted by Crippen LogP contribution is -2.34. The van der Waals surface area contributed by atoms with Gasteiger partial charge in [0.05, 0.1) is 22.8 Å². The van der Waals surface area contributed by atoms with Gasteiger partial charge in [0.1, 0.15) is 11.5 Å². The third kappa shape index (κ3) is 6.87. The van der Waals surface area contributed by atoms with Crippen molar-refractivity contribution < 1.29 is 19.7 Å². The van der Waals surface area contributed by atoms with Gasteiger partial charge < -0.3 is 19.7 Å². The first kappa shape index (κ1) is 34.8. The summed E-state index contributed by atoms with van der Waals surface area (Å²) >= 11 is 0. The molecule has 4 heterocycles. The van der Waals surface area contributed by atoms with Gasteiger partial charge in [-0.1, -0.05) is 48.5 Å². The first-order valence-electron chi connectivity index (χ1n) is 16.5. The van der Waals surface area contributed by atoms with Crippen LogP contribution in [-0.2, 0) is 20.7 Å². The molecule has 0 fully saturated rings. The highest BCUT2D eigenvalue weighted by atomic mass is 16.5. The first-order valence-corrected chi connectivity index (χ1v) is 16.5. The van der Waals surface area contributed by atoms with Gasteiger partial charge in [-0.2, -0.15) is 0 Å². The molecule has 0 spiro atoms. The van der Waals surface area contributed by atoms with E-state index < -0.39 is 11.2 Å². The predicted molar refractivity (Wildman–Crippen MR) is 196 cm³/mol. The maximum atomic E-state index is 11.5. The topological polar surface area (TPSA) is 135 Å². The van der Waals surface area contributed by atoms with E-state index in [2.05, 4.69) is 29.9 Å². The number of benzene rings is 2. The smallest absolute Gasteiger partial charge is 0.180 e. The molecule has 0 bridgehead atoms. The summed E-state index contributed by atoms with van der Waals surface area (Å²) in [4.78, 5) is 27.4. The quantitative estimate of drug-likeness (QED) is 0.0987. The molecule has 2 aromatic carbocycles. The summed E-state index contributed by atoms with van der Waals surface area (Å²) in [6.45, 7) is 0.935. The number of nitrogens with zero attached hydrogens (tertiary/aromatic N) is 6. The van der Waals surface area contributed by atoms with Crippen molar-refractivity contribution in [2.75, 3.05) is 27.3 Å². The van der Waals surface area contributed by atoms with Crippen LogP contribution in [0.15, 0.2) is 144 Å². The third-order valence-corrected chi connectivity index (χ3v) is 8.64. The number of hydrogen-bond acceptors (Lipinski definition) is 10. The molecule has 256 valence electrons.